The van der Waals surface area contributed by atoms with Gasteiger partial charge in [-0.2, -0.15) is 0 Å². The van der Waals surface area contributed by atoms with Gasteiger partial charge in [-0.15, -0.1) is 0 Å². The summed E-state index contributed by atoms with van der Waals surface area (Å²) in [5.74, 6) is 0.746. The zero-order chi connectivity index (χ0) is 12.4. The van der Waals surface area contributed by atoms with Gasteiger partial charge in [0, 0.05) is 18.2 Å². The lowest BCUT2D eigenvalue weighted by Gasteiger charge is -2.35. The number of benzene rings is 1. The molecule has 1 aromatic carbocycles. The van der Waals surface area contributed by atoms with Gasteiger partial charge in [0.1, 0.15) is 11.9 Å². The molecule has 0 aromatic heterocycles. The smallest absolute Gasteiger partial charge is 0.269 e. The molecule has 5 heteroatoms. The van der Waals surface area contributed by atoms with E-state index in [1.807, 2.05) is 14.0 Å². The van der Waals surface area contributed by atoms with Crippen molar-refractivity contribution in [1.29, 1.82) is 0 Å². The fourth-order valence-corrected chi connectivity index (χ4v) is 1.96. The minimum absolute atomic E-state index is 0.108. The van der Waals surface area contributed by atoms with Crippen molar-refractivity contribution < 1.29 is 9.66 Å². The number of nitrogens with zero attached hydrogens (tertiary/aromatic N) is 1. The molecule has 5 nitrogen and oxygen atoms in total. The van der Waals surface area contributed by atoms with Gasteiger partial charge in [-0.25, -0.2) is 0 Å². The van der Waals surface area contributed by atoms with Crippen LogP contribution in [-0.4, -0.2) is 24.1 Å². The van der Waals surface area contributed by atoms with Crippen LogP contribution in [0.1, 0.15) is 18.4 Å². The van der Waals surface area contributed by atoms with E-state index in [2.05, 4.69) is 5.32 Å². The summed E-state index contributed by atoms with van der Waals surface area (Å²) in [5, 5.41) is 13.8. The van der Waals surface area contributed by atoms with Crippen molar-refractivity contribution in [2.75, 3.05) is 7.05 Å². The molecule has 17 heavy (non-hydrogen) atoms. The lowest BCUT2D eigenvalue weighted by molar-refractivity contribution is -0.384. The predicted molar refractivity (Wildman–Crippen MR) is 64.3 cm³/mol. The number of rotatable bonds is 4. The van der Waals surface area contributed by atoms with E-state index < -0.39 is 4.92 Å². The third-order valence-electron chi connectivity index (χ3n) is 3.17. The van der Waals surface area contributed by atoms with Crippen molar-refractivity contribution in [2.24, 2.45) is 0 Å². The van der Waals surface area contributed by atoms with Crippen molar-refractivity contribution in [1.82, 2.24) is 5.32 Å². The van der Waals surface area contributed by atoms with Gasteiger partial charge in [0.05, 0.1) is 4.92 Å². The SMILES string of the molecule is CNC1CC(Oc2ccc([N+](=O)[O-])cc2C)C1. The highest BCUT2D eigenvalue weighted by Gasteiger charge is 2.29. The molecular weight excluding hydrogens is 220 g/mol. The third-order valence-corrected chi connectivity index (χ3v) is 3.17. The van der Waals surface area contributed by atoms with Gasteiger partial charge in [-0.3, -0.25) is 10.1 Å². The number of aryl methyl sites for hydroxylation is 1. The first kappa shape index (κ1) is 11.9. The van der Waals surface area contributed by atoms with Gasteiger partial charge in [-0.05, 0) is 38.4 Å². The highest BCUT2D eigenvalue weighted by atomic mass is 16.6. The Hall–Kier alpha value is -1.62. The summed E-state index contributed by atoms with van der Waals surface area (Å²) < 4.78 is 5.79. The molecule has 0 saturated heterocycles. The van der Waals surface area contributed by atoms with Gasteiger partial charge >= 0.3 is 0 Å². The summed E-state index contributed by atoms with van der Waals surface area (Å²) in [4.78, 5) is 10.2. The Balaban J connectivity index is 2.00. The van der Waals surface area contributed by atoms with Gasteiger partial charge < -0.3 is 10.1 Å². The van der Waals surface area contributed by atoms with Gasteiger partial charge in [0.2, 0.25) is 0 Å². The topological polar surface area (TPSA) is 64.4 Å². The van der Waals surface area contributed by atoms with Crippen LogP contribution >= 0.6 is 0 Å². The maximum absolute atomic E-state index is 10.6. The number of non-ortho nitro benzene ring substituents is 1. The van der Waals surface area contributed by atoms with Crippen LogP contribution in [0.3, 0.4) is 0 Å². The first-order valence-corrected chi connectivity index (χ1v) is 5.69. The molecule has 1 fully saturated rings. The molecule has 1 N–H and O–H groups in total. The normalized spacial score (nSPS) is 22.9. The maximum Gasteiger partial charge on any atom is 0.269 e. The molecule has 1 saturated carbocycles. The second-order valence-electron chi connectivity index (χ2n) is 4.40. The monoisotopic (exact) mass is 236 g/mol. The Morgan fingerprint density at radius 2 is 2.18 bits per heavy atom. The Morgan fingerprint density at radius 1 is 1.47 bits per heavy atom. The van der Waals surface area contributed by atoms with Crippen molar-refractivity contribution >= 4 is 5.69 Å². The first-order valence-electron chi connectivity index (χ1n) is 5.69. The standard InChI is InChI=1S/C12H16N2O3/c1-8-5-10(14(15)16)3-4-12(8)17-11-6-9(7-11)13-2/h3-5,9,11,13H,6-7H2,1-2H3. The molecule has 1 aliphatic carbocycles. The van der Waals surface area contributed by atoms with Crippen LogP contribution in [0.4, 0.5) is 5.69 Å². The Kier molecular flexibility index (Phi) is 3.28. The lowest BCUT2D eigenvalue weighted by atomic mass is 9.89. The summed E-state index contributed by atoms with van der Waals surface area (Å²) >= 11 is 0. The summed E-state index contributed by atoms with van der Waals surface area (Å²) in [6.45, 7) is 1.83. The summed E-state index contributed by atoms with van der Waals surface area (Å²) in [6, 6.07) is 5.25. The minimum atomic E-state index is -0.392. The zero-order valence-corrected chi connectivity index (χ0v) is 9.97. The number of nitro groups is 1. The number of ether oxygens (including phenoxy) is 1. The highest BCUT2D eigenvalue weighted by molar-refractivity contribution is 5.43. The molecule has 0 bridgehead atoms. The molecule has 1 aliphatic rings. The fourth-order valence-electron chi connectivity index (χ4n) is 1.96. The van der Waals surface area contributed by atoms with Crippen molar-refractivity contribution in [3.63, 3.8) is 0 Å². The molecule has 0 unspecified atom stereocenters. The van der Waals surface area contributed by atoms with E-state index in [1.165, 1.54) is 6.07 Å². The van der Waals surface area contributed by atoms with Crippen LogP contribution in [0.15, 0.2) is 18.2 Å². The number of hydrogen-bond donors (Lipinski definition) is 1. The minimum Gasteiger partial charge on any atom is -0.490 e. The number of nitro benzene ring substituents is 1. The average Bonchev–Trinajstić information content (AvgIpc) is 2.24. The van der Waals surface area contributed by atoms with Crippen LogP contribution in [0.2, 0.25) is 0 Å². The highest BCUT2D eigenvalue weighted by Crippen LogP contribution is 2.29. The van der Waals surface area contributed by atoms with Crippen LogP contribution in [0.25, 0.3) is 0 Å². The van der Waals surface area contributed by atoms with E-state index in [1.54, 1.807) is 12.1 Å². The molecular formula is C12H16N2O3. The quantitative estimate of drug-likeness (QED) is 0.641. The van der Waals surface area contributed by atoms with Gasteiger partial charge in [0.25, 0.3) is 5.69 Å². The molecule has 0 heterocycles. The Bertz CT molecular complexity index is 428. The number of hydrogen-bond acceptors (Lipinski definition) is 4. The molecule has 0 atom stereocenters. The molecule has 2 rings (SSSR count). The van der Waals surface area contributed by atoms with E-state index in [9.17, 15) is 10.1 Å². The van der Waals surface area contributed by atoms with Crippen LogP contribution in [0, 0.1) is 17.0 Å². The van der Waals surface area contributed by atoms with Crippen LogP contribution in [-0.2, 0) is 0 Å². The summed E-state index contributed by atoms with van der Waals surface area (Å²) in [5.41, 5.74) is 0.920. The van der Waals surface area contributed by atoms with Gasteiger partial charge in [-0.1, -0.05) is 0 Å². The zero-order valence-electron chi connectivity index (χ0n) is 9.97. The predicted octanol–water partition coefficient (Wildman–Crippen LogP) is 2.03. The molecule has 0 amide bonds. The van der Waals surface area contributed by atoms with E-state index in [4.69, 9.17) is 4.74 Å². The second kappa shape index (κ2) is 4.71. The average molecular weight is 236 g/mol. The maximum atomic E-state index is 10.6. The van der Waals surface area contributed by atoms with E-state index in [0.717, 1.165) is 24.2 Å². The Labute approximate surface area is 99.9 Å². The molecule has 92 valence electrons. The summed E-state index contributed by atoms with van der Waals surface area (Å²) in [6.07, 6.45) is 2.22. The van der Waals surface area contributed by atoms with Crippen molar-refractivity contribution in [3.8, 4) is 5.75 Å². The second-order valence-corrected chi connectivity index (χ2v) is 4.40. The molecule has 1 aromatic rings. The third kappa shape index (κ3) is 2.55. The lowest BCUT2D eigenvalue weighted by Crippen LogP contribution is -2.45. The number of nitrogens with one attached hydrogen (secondary N) is 1. The first-order chi connectivity index (χ1) is 8.10. The molecule has 0 radical (unpaired) electrons. The summed E-state index contributed by atoms with van der Waals surface area (Å²) in [7, 11) is 1.94. The fraction of sp³-hybridized carbons (Fsp3) is 0.500. The van der Waals surface area contributed by atoms with Crippen molar-refractivity contribution in [3.05, 3.63) is 33.9 Å². The van der Waals surface area contributed by atoms with Gasteiger partial charge in [0.15, 0.2) is 0 Å². The van der Waals surface area contributed by atoms with Crippen LogP contribution in [0.5, 0.6) is 5.75 Å². The van der Waals surface area contributed by atoms with E-state index in [-0.39, 0.29) is 11.8 Å². The molecule has 0 spiro atoms. The largest absolute Gasteiger partial charge is 0.490 e. The Morgan fingerprint density at radius 3 is 2.71 bits per heavy atom. The van der Waals surface area contributed by atoms with Crippen molar-refractivity contribution in [2.45, 2.75) is 31.9 Å². The van der Waals surface area contributed by atoms with Crippen LogP contribution < -0.4 is 10.1 Å². The van der Waals surface area contributed by atoms with E-state index >= 15 is 0 Å². The molecule has 0 aliphatic heterocycles. The van der Waals surface area contributed by atoms with E-state index in [0.29, 0.717) is 6.04 Å².